The molecule has 0 bridgehead atoms. The summed E-state index contributed by atoms with van der Waals surface area (Å²) < 4.78 is 6.61. The van der Waals surface area contributed by atoms with E-state index in [1.165, 1.54) is 16.5 Å². The minimum Gasteiger partial charge on any atom is -0.378 e. The van der Waals surface area contributed by atoms with Crippen LogP contribution in [0.1, 0.15) is 11.6 Å². The van der Waals surface area contributed by atoms with Crippen LogP contribution in [0.4, 0.5) is 0 Å². The molecule has 0 saturated carbocycles. The molecule has 1 aromatic heterocycles. The van der Waals surface area contributed by atoms with Crippen LogP contribution in [-0.4, -0.2) is 24.7 Å². The number of nitrogens with one attached hydrogen (secondary N) is 2. The maximum Gasteiger partial charge on any atom is 0.0662 e. The van der Waals surface area contributed by atoms with E-state index in [2.05, 4.69) is 44.6 Å². The minimum absolute atomic E-state index is 0. The van der Waals surface area contributed by atoms with Crippen LogP contribution in [0.2, 0.25) is 0 Å². The highest BCUT2D eigenvalue weighted by molar-refractivity contribution is 9.10. The second-order valence-electron chi connectivity index (χ2n) is 4.02. The molecule has 3 rings (SSSR count). The quantitative estimate of drug-likeness (QED) is 0.848. The lowest BCUT2D eigenvalue weighted by Crippen LogP contribution is -2.34. The fourth-order valence-electron chi connectivity index (χ4n) is 2.17. The van der Waals surface area contributed by atoms with Gasteiger partial charge in [-0.25, -0.2) is 0 Å². The van der Waals surface area contributed by atoms with E-state index in [-0.39, 0.29) is 12.4 Å². The zero-order valence-corrected chi connectivity index (χ0v) is 11.6. The van der Waals surface area contributed by atoms with Crippen molar-refractivity contribution in [2.24, 2.45) is 0 Å². The molecular weight excluding hydrogens is 304 g/mol. The maximum atomic E-state index is 5.50. The zero-order chi connectivity index (χ0) is 11.0. The Bertz CT molecular complexity index is 508. The Kier molecular flexibility index (Phi) is 4.09. The van der Waals surface area contributed by atoms with Gasteiger partial charge < -0.3 is 15.0 Å². The molecule has 0 radical (unpaired) electrons. The van der Waals surface area contributed by atoms with Crippen LogP contribution >= 0.6 is 28.3 Å². The third-order valence-corrected chi connectivity index (χ3v) is 3.47. The fraction of sp³-hybridized carbons (Fsp3) is 0.333. The number of morpholine rings is 1. The largest absolute Gasteiger partial charge is 0.378 e. The molecule has 5 heteroatoms. The predicted octanol–water partition coefficient (Wildman–Crippen LogP) is 3.01. The van der Waals surface area contributed by atoms with Crippen LogP contribution in [0.5, 0.6) is 0 Å². The summed E-state index contributed by atoms with van der Waals surface area (Å²) in [5.41, 5.74) is 2.46. The second-order valence-corrected chi connectivity index (χ2v) is 4.93. The first kappa shape index (κ1) is 12.9. The number of aromatic amines is 1. The normalized spacial score (nSPS) is 20.2. The molecule has 1 atom stereocenters. The molecule has 2 aromatic rings. The summed E-state index contributed by atoms with van der Waals surface area (Å²) in [6.45, 7) is 2.48. The van der Waals surface area contributed by atoms with Gasteiger partial charge in [-0.15, -0.1) is 12.4 Å². The summed E-state index contributed by atoms with van der Waals surface area (Å²) in [4.78, 5) is 3.30. The third kappa shape index (κ3) is 2.50. The Hall–Kier alpha value is -0.550. The zero-order valence-electron chi connectivity index (χ0n) is 9.20. The van der Waals surface area contributed by atoms with Crippen molar-refractivity contribution in [2.75, 3.05) is 19.8 Å². The molecule has 2 N–H and O–H groups in total. The van der Waals surface area contributed by atoms with Gasteiger partial charge >= 0.3 is 0 Å². The van der Waals surface area contributed by atoms with Gasteiger partial charge in [0.25, 0.3) is 0 Å². The molecule has 1 aromatic carbocycles. The van der Waals surface area contributed by atoms with Crippen molar-refractivity contribution in [1.82, 2.24) is 10.3 Å². The molecule has 1 fully saturated rings. The molecule has 0 unspecified atom stereocenters. The molecule has 17 heavy (non-hydrogen) atoms. The summed E-state index contributed by atoms with van der Waals surface area (Å²) in [6, 6.07) is 6.59. The fourth-order valence-corrected chi connectivity index (χ4v) is 2.53. The first-order chi connectivity index (χ1) is 7.84. The average Bonchev–Trinajstić information content (AvgIpc) is 2.73. The Morgan fingerprint density at radius 1 is 1.35 bits per heavy atom. The van der Waals surface area contributed by atoms with Crippen molar-refractivity contribution >= 4 is 39.2 Å². The van der Waals surface area contributed by atoms with Crippen molar-refractivity contribution < 1.29 is 4.74 Å². The molecule has 0 aliphatic carbocycles. The average molecular weight is 318 g/mol. The van der Waals surface area contributed by atoms with Crippen LogP contribution in [0.25, 0.3) is 10.9 Å². The monoisotopic (exact) mass is 316 g/mol. The van der Waals surface area contributed by atoms with Crippen molar-refractivity contribution in [2.45, 2.75) is 6.04 Å². The van der Waals surface area contributed by atoms with E-state index in [9.17, 15) is 0 Å². The number of H-pyrrole nitrogens is 1. The van der Waals surface area contributed by atoms with E-state index in [0.29, 0.717) is 6.04 Å². The summed E-state index contributed by atoms with van der Waals surface area (Å²) in [5, 5.41) is 4.73. The Morgan fingerprint density at radius 3 is 3.00 bits per heavy atom. The molecule has 0 spiro atoms. The summed E-state index contributed by atoms with van der Waals surface area (Å²) in [7, 11) is 0. The standard InChI is InChI=1S/C12H13BrN2O.ClH/c13-8-1-2-11-9(5-8)10(6-15-11)12-7-16-4-3-14-12;/h1-2,5-6,12,14-15H,3-4,7H2;1H/t12-;/m1./s1. The van der Waals surface area contributed by atoms with Crippen molar-refractivity contribution in [3.63, 3.8) is 0 Å². The van der Waals surface area contributed by atoms with Gasteiger partial charge in [0.05, 0.1) is 19.3 Å². The van der Waals surface area contributed by atoms with Crippen LogP contribution in [-0.2, 0) is 4.74 Å². The van der Waals surface area contributed by atoms with Crippen molar-refractivity contribution in [1.29, 1.82) is 0 Å². The third-order valence-electron chi connectivity index (χ3n) is 2.97. The van der Waals surface area contributed by atoms with E-state index in [0.717, 1.165) is 24.2 Å². The van der Waals surface area contributed by atoms with Gasteiger partial charge in [0.15, 0.2) is 0 Å². The summed E-state index contributed by atoms with van der Waals surface area (Å²) in [5.74, 6) is 0. The number of rotatable bonds is 1. The molecule has 1 aliphatic heterocycles. The number of fused-ring (bicyclic) bond motifs is 1. The summed E-state index contributed by atoms with van der Waals surface area (Å²) in [6.07, 6.45) is 2.07. The molecule has 0 amide bonds. The minimum atomic E-state index is 0. The smallest absolute Gasteiger partial charge is 0.0662 e. The van der Waals surface area contributed by atoms with Crippen LogP contribution in [0.3, 0.4) is 0 Å². The highest BCUT2D eigenvalue weighted by atomic mass is 79.9. The SMILES string of the molecule is Brc1ccc2[nH]cc([C@H]3COCCN3)c2c1.Cl. The first-order valence-electron chi connectivity index (χ1n) is 5.42. The number of halogens is 2. The van der Waals surface area contributed by atoms with Crippen LogP contribution in [0.15, 0.2) is 28.9 Å². The number of hydrogen-bond donors (Lipinski definition) is 2. The van der Waals surface area contributed by atoms with Gasteiger partial charge in [0, 0.05) is 28.1 Å². The van der Waals surface area contributed by atoms with Crippen LogP contribution in [0, 0.1) is 0 Å². The lowest BCUT2D eigenvalue weighted by Gasteiger charge is -2.23. The van der Waals surface area contributed by atoms with Gasteiger partial charge in [0.2, 0.25) is 0 Å². The highest BCUT2D eigenvalue weighted by Crippen LogP contribution is 2.27. The molecule has 1 aliphatic rings. The van der Waals surface area contributed by atoms with Gasteiger partial charge in [-0.1, -0.05) is 15.9 Å². The molecule has 1 saturated heterocycles. The van der Waals surface area contributed by atoms with Crippen molar-refractivity contribution in [3.05, 3.63) is 34.4 Å². The molecule has 3 nitrogen and oxygen atoms in total. The predicted molar refractivity (Wildman–Crippen MR) is 74.8 cm³/mol. The van der Waals surface area contributed by atoms with Gasteiger partial charge in [-0.05, 0) is 23.8 Å². The molecule has 92 valence electrons. The van der Waals surface area contributed by atoms with Gasteiger partial charge in [-0.2, -0.15) is 0 Å². The summed E-state index contributed by atoms with van der Waals surface area (Å²) >= 11 is 3.51. The molecular formula is C12H14BrClN2O. The van der Waals surface area contributed by atoms with Crippen LogP contribution < -0.4 is 5.32 Å². The number of aromatic nitrogens is 1. The van der Waals surface area contributed by atoms with E-state index in [1.54, 1.807) is 0 Å². The van der Waals surface area contributed by atoms with E-state index in [4.69, 9.17) is 4.74 Å². The van der Waals surface area contributed by atoms with Gasteiger partial charge in [0.1, 0.15) is 0 Å². The lowest BCUT2D eigenvalue weighted by atomic mass is 10.1. The van der Waals surface area contributed by atoms with Gasteiger partial charge in [-0.3, -0.25) is 0 Å². The van der Waals surface area contributed by atoms with E-state index in [1.807, 2.05) is 6.07 Å². The van der Waals surface area contributed by atoms with E-state index >= 15 is 0 Å². The Balaban J connectivity index is 0.00000108. The second kappa shape index (κ2) is 5.40. The molecule has 2 heterocycles. The number of benzene rings is 1. The van der Waals surface area contributed by atoms with Crippen molar-refractivity contribution in [3.8, 4) is 0 Å². The lowest BCUT2D eigenvalue weighted by molar-refractivity contribution is 0.0773. The Labute approximate surface area is 114 Å². The Morgan fingerprint density at radius 2 is 2.24 bits per heavy atom. The number of ether oxygens (including phenoxy) is 1. The number of hydrogen-bond acceptors (Lipinski definition) is 2. The topological polar surface area (TPSA) is 37.0 Å². The highest BCUT2D eigenvalue weighted by Gasteiger charge is 2.18. The maximum absolute atomic E-state index is 5.50. The first-order valence-corrected chi connectivity index (χ1v) is 6.21. The van der Waals surface area contributed by atoms with E-state index < -0.39 is 0 Å².